The lowest BCUT2D eigenvalue weighted by molar-refractivity contribution is -0.139. The molecule has 2 aromatic carbocycles. The van der Waals surface area contributed by atoms with Gasteiger partial charge < -0.3 is 29.4 Å². The molecule has 1 atom stereocenters. The number of aliphatic hydroxyl groups excluding tert-OH is 1. The number of fused-ring (bicyclic) bond motifs is 3. The number of hydrogen-bond donors (Lipinski definition) is 2. The fraction of sp³-hybridized carbons (Fsp3) is 0.371. The summed E-state index contributed by atoms with van der Waals surface area (Å²) in [6.45, 7) is 2.40. The Labute approximate surface area is 267 Å². The zero-order valence-electron chi connectivity index (χ0n) is 26.5. The van der Waals surface area contributed by atoms with Crippen LogP contribution in [0.3, 0.4) is 0 Å². The maximum atomic E-state index is 13.8. The Morgan fingerprint density at radius 2 is 1.72 bits per heavy atom. The first-order valence-electron chi connectivity index (χ1n) is 15.9. The number of aliphatic hydroxyl groups is 1. The number of carbonyl (C=O) groups excluding carboxylic acids is 2. The number of piperazine rings is 1. The second-order valence-electron chi connectivity index (χ2n) is 12.6. The third-order valence-electron chi connectivity index (χ3n) is 9.69. The molecule has 1 aliphatic carbocycles. The van der Waals surface area contributed by atoms with E-state index in [0.29, 0.717) is 53.5 Å². The molecule has 1 unspecified atom stereocenters. The molecule has 2 aliphatic heterocycles. The Balaban J connectivity index is 1.19. The van der Waals surface area contributed by atoms with E-state index in [0.717, 1.165) is 37.8 Å². The Morgan fingerprint density at radius 3 is 2.50 bits per heavy atom. The zero-order chi connectivity index (χ0) is 32.1. The van der Waals surface area contributed by atoms with Gasteiger partial charge in [-0.1, -0.05) is 24.3 Å². The molecule has 11 nitrogen and oxygen atoms in total. The third-order valence-corrected chi connectivity index (χ3v) is 9.69. The van der Waals surface area contributed by atoms with Crippen LogP contribution in [-0.2, 0) is 37.8 Å². The summed E-state index contributed by atoms with van der Waals surface area (Å²) in [4.78, 5) is 50.1. The minimum absolute atomic E-state index is 0.0546. The van der Waals surface area contributed by atoms with Gasteiger partial charge in [0.2, 0.25) is 5.91 Å². The van der Waals surface area contributed by atoms with E-state index in [1.807, 2.05) is 67.5 Å². The van der Waals surface area contributed by atoms with Crippen LogP contribution < -0.4 is 15.8 Å². The molecule has 0 bridgehead atoms. The summed E-state index contributed by atoms with van der Waals surface area (Å²) in [5.41, 5.74) is 6.85. The van der Waals surface area contributed by atoms with E-state index in [1.165, 1.54) is 15.8 Å². The molecule has 0 saturated carbocycles. The molecule has 2 amide bonds. The molecule has 4 heterocycles. The van der Waals surface area contributed by atoms with E-state index >= 15 is 0 Å². The van der Waals surface area contributed by atoms with Crippen molar-refractivity contribution < 1.29 is 14.7 Å². The molecule has 1 fully saturated rings. The van der Waals surface area contributed by atoms with Crippen molar-refractivity contribution in [3.8, 4) is 11.3 Å². The lowest BCUT2D eigenvalue weighted by Gasteiger charge is -2.37. The summed E-state index contributed by atoms with van der Waals surface area (Å²) in [6.07, 6.45) is 5.96. The molecule has 2 N–H and O–H groups in total. The topological polar surface area (TPSA) is 116 Å². The minimum Gasteiger partial charge on any atom is -0.392 e. The quantitative estimate of drug-likeness (QED) is 0.339. The molecular weight excluding hydrogens is 582 g/mol. The number of likely N-dealkylation sites (N-methyl/N-ethyl adjacent to an activating group) is 2. The average molecular weight is 622 g/mol. The fourth-order valence-corrected chi connectivity index (χ4v) is 7.15. The average Bonchev–Trinajstić information content (AvgIpc) is 3.45. The Morgan fingerprint density at radius 1 is 0.935 bits per heavy atom. The smallest absolute Gasteiger partial charge is 0.293 e. The van der Waals surface area contributed by atoms with Crippen molar-refractivity contribution in [1.82, 2.24) is 23.9 Å². The van der Waals surface area contributed by atoms with Gasteiger partial charge in [-0.2, -0.15) is 0 Å². The van der Waals surface area contributed by atoms with Gasteiger partial charge in [0, 0.05) is 69.0 Å². The SMILES string of the molecule is CN1CCN(C)C(c2ccc(Nc3nc(-c4cccc(N5CCn6c(cc7c6CCCC7)C5=O)c4CO)cn(C)c3=O)cc2)C1=O. The number of amides is 2. The standard InChI is InChI=1S/C35H39N7O4/c1-38-15-16-39(2)34(45)31(38)22-11-13-24(14-12-22)36-32-35(46)40(3)20-27(37-32)25-8-6-10-29(26(25)21-43)42-18-17-41-28-9-5-4-7-23(28)19-30(41)33(42)44/h6,8,10-14,19-20,31,43H,4-5,7,9,15-18,21H2,1-3H3,(H,36,37). The van der Waals surface area contributed by atoms with Crippen LogP contribution >= 0.6 is 0 Å². The lowest BCUT2D eigenvalue weighted by Crippen LogP contribution is -2.48. The number of nitrogens with zero attached hydrogens (tertiary/aromatic N) is 6. The number of rotatable bonds is 6. The molecule has 0 radical (unpaired) electrons. The van der Waals surface area contributed by atoms with E-state index in [1.54, 1.807) is 23.0 Å². The molecule has 1 saturated heterocycles. The van der Waals surface area contributed by atoms with E-state index in [-0.39, 0.29) is 35.8 Å². The molecular formula is C35H39N7O4. The van der Waals surface area contributed by atoms with E-state index in [2.05, 4.69) is 9.88 Å². The molecule has 4 aromatic rings. The maximum absolute atomic E-state index is 13.8. The summed E-state index contributed by atoms with van der Waals surface area (Å²) in [7, 11) is 5.43. The molecule has 7 rings (SSSR count). The molecule has 2 aromatic heterocycles. The van der Waals surface area contributed by atoms with E-state index in [9.17, 15) is 19.5 Å². The van der Waals surface area contributed by atoms with Gasteiger partial charge in [0.25, 0.3) is 11.5 Å². The number of hydrogen-bond acceptors (Lipinski definition) is 7. The summed E-state index contributed by atoms with van der Waals surface area (Å²) in [5.74, 6) is 0.114. The Bertz CT molecular complexity index is 1890. The molecule has 11 heteroatoms. The van der Waals surface area contributed by atoms with Crippen LogP contribution in [0.2, 0.25) is 0 Å². The van der Waals surface area contributed by atoms with Gasteiger partial charge >= 0.3 is 0 Å². The van der Waals surface area contributed by atoms with Crippen molar-refractivity contribution in [2.45, 2.75) is 44.9 Å². The molecule has 3 aliphatic rings. The van der Waals surface area contributed by atoms with Gasteiger partial charge in [0.15, 0.2) is 5.82 Å². The zero-order valence-corrected chi connectivity index (χ0v) is 26.5. The second-order valence-corrected chi connectivity index (χ2v) is 12.6. The van der Waals surface area contributed by atoms with Crippen molar-refractivity contribution in [3.63, 3.8) is 0 Å². The van der Waals surface area contributed by atoms with Crippen LogP contribution in [0.1, 0.15) is 51.8 Å². The highest BCUT2D eigenvalue weighted by Crippen LogP contribution is 2.35. The van der Waals surface area contributed by atoms with Crippen molar-refractivity contribution in [2.24, 2.45) is 7.05 Å². The van der Waals surface area contributed by atoms with Gasteiger partial charge in [-0.15, -0.1) is 0 Å². The minimum atomic E-state index is -0.354. The van der Waals surface area contributed by atoms with Gasteiger partial charge in [-0.3, -0.25) is 19.3 Å². The van der Waals surface area contributed by atoms with Crippen LogP contribution in [0.4, 0.5) is 17.2 Å². The number of nitrogens with one attached hydrogen (secondary N) is 1. The lowest BCUT2D eigenvalue weighted by atomic mass is 9.98. The molecule has 0 spiro atoms. The summed E-state index contributed by atoms with van der Waals surface area (Å²) in [5, 5.41) is 13.8. The van der Waals surface area contributed by atoms with Crippen molar-refractivity contribution >= 4 is 29.0 Å². The summed E-state index contributed by atoms with van der Waals surface area (Å²) < 4.78 is 3.64. The van der Waals surface area contributed by atoms with Gasteiger partial charge in [0.1, 0.15) is 11.7 Å². The normalized spacial score (nSPS) is 18.5. The van der Waals surface area contributed by atoms with Crippen molar-refractivity contribution in [3.05, 3.63) is 93.2 Å². The first-order chi connectivity index (χ1) is 22.2. The molecule has 238 valence electrons. The van der Waals surface area contributed by atoms with Gasteiger partial charge in [-0.25, -0.2) is 4.98 Å². The van der Waals surface area contributed by atoms with Crippen LogP contribution in [0.15, 0.2) is 59.5 Å². The monoisotopic (exact) mass is 621 g/mol. The first kappa shape index (κ1) is 29.9. The van der Waals surface area contributed by atoms with Crippen molar-refractivity contribution in [2.75, 3.05) is 43.9 Å². The Kier molecular flexibility index (Phi) is 7.74. The maximum Gasteiger partial charge on any atom is 0.293 e. The fourth-order valence-electron chi connectivity index (χ4n) is 7.15. The van der Waals surface area contributed by atoms with E-state index in [4.69, 9.17) is 4.98 Å². The molecule has 46 heavy (non-hydrogen) atoms. The highest BCUT2D eigenvalue weighted by Gasteiger charge is 2.33. The second kappa shape index (κ2) is 11.9. The number of aromatic nitrogens is 3. The number of benzene rings is 2. The van der Waals surface area contributed by atoms with Crippen LogP contribution in [0.5, 0.6) is 0 Å². The van der Waals surface area contributed by atoms with Gasteiger partial charge in [-0.05, 0) is 68.1 Å². The summed E-state index contributed by atoms with van der Waals surface area (Å²) in [6, 6.07) is 14.7. The van der Waals surface area contributed by atoms with E-state index < -0.39 is 0 Å². The van der Waals surface area contributed by atoms with Crippen LogP contribution in [-0.4, -0.2) is 74.6 Å². The predicted molar refractivity (Wildman–Crippen MR) is 176 cm³/mol. The van der Waals surface area contributed by atoms with Crippen LogP contribution in [0.25, 0.3) is 11.3 Å². The highest BCUT2D eigenvalue weighted by atomic mass is 16.3. The number of carbonyl (C=O) groups is 2. The largest absolute Gasteiger partial charge is 0.392 e. The number of aryl methyl sites for hydroxylation is 2. The third kappa shape index (κ3) is 5.09. The number of anilines is 3. The summed E-state index contributed by atoms with van der Waals surface area (Å²) >= 11 is 0. The van der Waals surface area contributed by atoms with Crippen molar-refractivity contribution in [1.29, 1.82) is 0 Å². The van der Waals surface area contributed by atoms with Crippen LogP contribution in [0, 0.1) is 0 Å². The van der Waals surface area contributed by atoms with Gasteiger partial charge in [0.05, 0.1) is 18.0 Å². The predicted octanol–water partition coefficient (Wildman–Crippen LogP) is 3.47. The Hall–Kier alpha value is -4.74. The first-order valence-corrected chi connectivity index (χ1v) is 15.9. The highest BCUT2D eigenvalue weighted by molar-refractivity contribution is 6.07.